The van der Waals surface area contributed by atoms with Crippen molar-refractivity contribution in [3.05, 3.63) is 23.8 Å². The normalized spacial score (nSPS) is 12.4. The third-order valence-corrected chi connectivity index (χ3v) is 1.00. The van der Waals surface area contributed by atoms with Crippen molar-refractivity contribution >= 4 is 5.97 Å². The molecule has 0 saturated heterocycles. The van der Waals surface area contributed by atoms with Gasteiger partial charge in [0.1, 0.15) is 0 Å². The Morgan fingerprint density at radius 1 is 1.60 bits per heavy atom. The number of aliphatic carboxylic acids is 1. The molecule has 0 aromatic rings. The molecule has 10 heavy (non-hydrogen) atoms. The number of rotatable bonds is 3. The Hall–Kier alpha value is -1.05. The molecule has 0 amide bonds. The SMILES string of the molecule is C/C=C\C=C(/C)CC(=O)O. The lowest BCUT2D eigenvalue weighted by atomic mass is 10.2. The second kappa shape index (κ2) is 4.79. The molecule has 0 unspecified atom stereocenters. The van der Waals surface area contributed by atoms with Crippen LogP contribution in [0, 0.1) is 0 Å². The summed E-state index contributed by atoms with van der Waals surface area (Å²) in [7, 11) is 0. The van der Waals surface area contributed by atoms with E-state index in [9.17, 15) is 4.79 Å². The van der Waals surface area contributed by atoms with Crippen LogP contribution in [-0.4, -0.2) is 11.1 Å². The van der Waals surface area contributed by atoms with Crippen molar-refractivity contribution in [2.24, 2.45) is 0 Å². The lowest BCUT2D eigenvalue weighted by Gasteiger charge is -1.90. The minimum Gasteiger partial charge on any atom is -0.481 e. The van der Waals surface area contributed by atoms with Crippen molar-refractivity contribution < 1.29 is 9.90 Å². The average Bonchev–Trinajstić information content (AvgIpc) is 1.82. The van der Waals surface area contributed by atoms with Gasteiger partial charge in [-0.25, -0.2) is 0 Å². The number of carbonyl (C=O) groups is 1. The summed E-state index contributed by atoms with van der Waals surface area (Å²) in [5, 5.41) is 8.32. The average molecular weight is 140 g/mol. The highest BCUT2D eigenvalue weighted by molar-refractivity contribution is 5.69. The number of allylic oxidation sites excluding steroid dienone is 3. The minimum absolute atomic E-state index is 0.129. The van der Waals surface area contributed by atoms with E-state index in [1.807, 2.05) is 19.1 Å². The second-order valence-electron chi connectivity index (χ2n) is 2.11. The van der Waals surface area contributed by atoms with Crippen LogP contribution in [0.5, 0.6) is 0 Å². The third kappa shape index (κ3) is 5.09. The van der Waals surface area contributed by atoms with Gasteiger partial charge in [-0.05, 0) is 13.8 Å². The molecular weight excluding hydrogens is 128 g/mol. The predicted molar refractivity (Wildman–Crippen MR) is 40.8 cm³/mol. The smallest absolute Gasteiger partial charge is 0.307 e. The van der Waals surface area contributed by atoms with E-state index in [1.165, 1.54) is 0 Å². The summed E-state index contributed by atoms with van der Waals surface area (Å²) in [6, 6.07) is 0. The van der Waals surface area contributed by atoms with Crippen LogP contribution in [0.4, 0.5) is 0 Å². The fourth-order valence-electron chi connectivity index (χ4n) is 0.558. The molecule has 0 fully saturated rings. The highest BCUT2D eigenvalue weighted by atomic mass is 16.4. The molecule has 0 atom stereocenters. The Bertz CT molecular complexity index is 166. The van der Waals surface area contributed by atoms with Gasteiger partial charge in [0.15, 0.2) is 0 Å². The van der Waals surface area contributed by atoms with Crippen LogP contribution < -0.4 is 0 Å². The highest BCUT2D eigenvalue weighted by Gasteiger charge is 1.95. The first kappa shape index (κ1) is 8.95. The zero-order valence-electron chi connectivity index (χ0n) is 6.29. The molecule has 1 N–H and O–H groups in total. The van der Waals surface area contributed by atoms with E-state index in [1.54, 1.807) is 13.0 Å². The summed E-state index contributed by atoms with van der Waals surface area (Å²) >= 11 is 0. The minimum atomic E-state index is -0.779. The Morgan fingerprint density at radius 2 is 2.20 bits per heavy atom. The van der Waals surface area contributed by atoms with Gasteiger partial charge in [-0.1, -0.05) is 23.8 Å². The van der Waals surface area contributed by atoms with Crippen LogP contribution in [0.2, 0.25) is 0 Å². The second-order valence-corrected chi connectivity index (χ2v) is 2.11. The maximum Gasteiger partial charge on any atom is 0.307 e. The Kier molecular flexibility index (Phi) is 4.29. The van der Waals surface area contributed by atoms with Crippen molar-refractivity contribution in [2.45, 2.75) is 20.3 Å². The molecule has 0 aliphatic rings. The Morgan fingerprint density at radius 3 is 2.60 bits per heavy atom. The first-order valence-electron chi connectivity index (χ1n) is 3.17. The van der Waals surface area contributed by atoms with Gasteiger partial charge in [-0.15, -0.1) is 0 Å². The molecule has 2 nitrogen and oxygen atoms in total. The highest BCUT2D eigenvalue weighted by Crippen LogP contribution is 1.98. The molecule has 2 heteroatoms. The summed E-state index contributed by atoms with van der Waals surface area (Å²) in [4.78, 5) is 10.1. The zero-order chi connectivity index (χ0) is 7.98. The summed E-state index contributed by atoms with van der Waals surface area (Å²) in [6.07, 6.45) is 5.63. The molecule has 0 radical (unpaired) electrons. The molecular formula is C8H12O2. The predicted octanol–water partition coefficient (Wildman–Crippen LogP) is 1.98. The fraction of sp³-hybridized carbons (Fsp3) is 0.375. The monoisotopic (exact) mass is 140 g/mol. The lowest BCUT2D eigenvalue weighted by Crippen LogP contribution is -1.93. The van der Waals surface area contributed by atoms with Gasteiger partial charge >= 0.3 is 5.97 Å². The van der Waals surface area contributed by atoms with Crippen LogP contribution in [0.15, 0.2) is 23.8 Å². The van der Waals surface area contributed by atoms with E-state index in [0.29, 0.717) is 0 Å². The molecule has 0 saturated carbocycles. The van der Waals surface area contributed by atoms with Gasteiger partial charge in [0, 0.05) is 0 Å². The molecule has 0 spiro atoms. The molecule has 0 heterocycles. The zero-order valence-corrected chi connectivity index (χ0v) is 6.29. The van der Waals surface area contributed by atoms with E-state index in [-0.39, 0.29) is 6.42 Å². The van der Waals surface area contributed by atoms with Gasteiger partial charge < -0.3 is 5.11 Å². The van der Waals surface area contributed by atoms with Gasteiger partial charge in [0.25, 0.3) is 0 Å². The Balaban J connectivity index is 3.82. The molecule has 0 aliphatic heterocycles. The topological polar surface area (TPSA) is 37.3 Å². The van der Waals surface area contributed by atoms with Crippen molar-refractivity contribution in [2.75, 3.05) is 0 Å². The molecule has 0 aliphatic carbocycles. The van der Waals surface area contributed by atoms with Crippen molar-refractivity contribution in [1.29, 1.82) is 0 Å². The summed E-state index contributed by atoms with van der Waals surface area (Å²) in [5.74, 6) is -0.779. The molecule has 0 rings (SSSR count). The third-order valence-electron chi connectivity index (χ3n) is 1.00. The van der Waals surface area contributed by atoms with E-state index in [0.717, 1.165) is 5.57 Å². The maximum absolute atomic E-state index is 10.1. The Labute approximate surface area is 60.9 Å². The number of carboxylic acids is 1. The number of hydrogen-bond donors (Lipinski definition) is 1. The maximum atomic E-state index is 10.1. The van der Waals surface area contributed by atoms with E-state index in [2.05, 4.69) is 0 Å². The van der Waals surface area contributed by atoms with Crippen LogP contribution in [0.1, 0.15) is 20.3 Å². The van der Waals surface area contributed by atoms with Crippen LogP contribution in [0.25, 0.3) is 0 Å². The summed E-state index contributed by atoms with van der Waals surface area (Å²) in [6.45, 7) is 3.69. The molecule has 56 valence electrons. The van der Waals surface area contributed by atoms with Crippen molar-refractivity contribution in [3.63, 3.8) is 0 Å². The lowest BCUT2D eigenvalue weighted by molar-refractivity contribution is -0.136. The largest absolute Gasteiger partial charge is 0.481 e. The first-order valence-corrected chi connectivity index (χ1v) is 3.17. The molecule has 0 aromatic carbocycles. The van der Waals surface area contributed by atoms with E-state index < -0.39 is 5.97 Å². The van der Waals surface area contributed by atoms with E-state index in [4.69, 9.17) is 5.11 Å². The summed E-state index contributed by atoms with van der Waals surface area (Å²) in [5.41, 5.74) is 0.866. The quantitative estimate of drug-likeness (QED) is 0.608. The van der Waals surface area contributed by atoms with Crippen LogP contribution in [0.3, 0.4) is 0 Å². The van der Waals surface area contributed by atoms with Crippen molar-refractivity contribution in [1.82, 2.24) is 0 Å². The first-order chi connectivity index (χ1) is 4.66. The van der Waals surface area contributed by atoms with Gasteiger partial charge in [-0.3, -0.25) is 4.79 Å². The molecule has 0 aromatic heterocycles. The van der Waals surface area contributed by atoms with Crippen LogP contribution >= 0.6 is 0 Å². The number of hydrogen-bond acceptors (Lipinski definition) is 1. The summed E-state index contributed by atoms with van der Waals surface area (Å²) < 4.78 is 0. The van der Waals surface area contributed by atoms with Gasteiger partial charge in [-0.2, -0.15) is 0 Å². The van der Waals surface area contributed by atoms with Gasteiger partial charge in [0.05, 0.1) is 6.42 Å². The fourth-order valence-corrected chi connectivity index (χ4v) is 0.558. The van der Waals surface area contributed by atoms with Gasteiger partial charge in [0.2, 0.25) is 0 Å². The molecule has 0 bridgehead atoms. The van der Waals surface area contributed by atoms with E-state index >= 15 is 0 Å². The van der Waals surface area contributed by atoms with Crippen molar-refractivity contribution in [3.8, 4) is 0 Å². The standard InChI is InChI=1S/C8H12O2/c1-3-4-5-7(2)6-8(9)10/h3-5H,6H2,1-2H3,(H,9,10)/b4-3-,7-5+. The van der Waals surface area contributed by atoms with Crippen LogP contribution in [-0.2, 0) is 4.79 Å². The number of carboxylic acid groups (broad SMARTS) is 1.